The second kappa shape index (κ2) is 5.59. The SMILES string of the molecule is CC1CN(C)CCC1NCc1ccc(O)c(O)c1. The van der Waals surface area contributed by atoms with Crippen LogP contribution in [0.3, 0.4) is 0 Å². The van der Waals surface area contributed by atoms with Crippen LogP contribution < -0.4 is 5.32 Å². The van der Waals surface area contributed by atoms with Crippen molar-refractivity contribution in [1.29, 1.82) is 0 Å². The van der Waals surface area contributed by atoms with Gasteiger partial charge >= 0.3 is 0 Å². The molecule has 4 heteroatoms. The van der Waals surface area contributed by atoms with Crippen LogP contribution in [-0.4, -0.2) is 41.3 Å². The summed E-state index contributed by atoms with van der Waals surface area (Å²) in [6.07, 6.45) is 1.15. The average Bonchev–Trinajstić information content (AvgIpc) is 2.32. The number of nitrogens with zero attached hydrogens (tertiary/aromatic N) is 1. The van der Waals surface area contributed by atoms with Crippen LogP contribution in [0.5, 0.6) is 11.5 Å². The molecule has 1 aliphatic rings. The molecule has 0 aliphatic carbocycles. The average molecular weight is 250 g/mol. The van der Waals surface area contributed by atoms with Gasteiger partial charge in [0.15, 0.2) is 11.5 Å². The molecule has 100 valence electrons. The largest absolute Gasteiger partial charge is 0.504 e. The van der Waals surface area contributed by atoms with E-state index in [9.17, 15) is 10.2 Å². The minimum Gasteiger partial charge on any atom is -0.504 e. The summed E-state index contributed by atoms with van der Waals surface area (Å²) in [5, 5.41) is 22.2. The van der Waals surface area contributed by atoms with Gasteiger partial charge in [-0.05, 0) is 43.6 Å². The van der Waals surface area contributed by atoms with Crippen molar-refractivity contribution in [3.05, 3.63) is 23.8 Å². The number of nitrogens with one attached hydrogen (secondary N) is 1. The lowest BCUT2D eigenvalue weighted by atomic mass is 9.94. The Kier molecular flexibility index (Phi) is 4.09. The normalized spacial score (nSPS) is 25.2. The first-order chi connectivity index (χ1) is 8.56. The van der Waals surface area contributed by atoms with Gasteiger partial charge in [0, 0.05) is 19.1 Å². The van der Waals surface area contributed by atoms with E-state index in [1.165, 1.54) is 6.07 Å². The molecule has 2 atom stereocenters. The summed E-state index contributed by atoms with van der Waals surface area (Å²) < 4.78 is 0. The minimum absolute atomic E-state index is 0.0503. The summed E-state index contributed by atoms with van der Waals surface area (Å²) in [6.45, 7) is 5.25. The summed E-state index contributed by atoms with van der Waals surface area (Å²) in [6, 6.07) is 5.51. The topological polar surface area (TPSA) is 55.7 Å². The maximum absolute atomic E-state index is 9.44. The van der Waals surface area contributed by atoms with E-state index in [0.717, 1.165) is 31.6 Å². The Bertz CT molecular complexity index is 409. The number of hydrogen-bond acceptors (Lipinski definition) is 4. The molecule has 2 rings (SSSR count). The molecule has 1 aromatic carbocycles. The van der Waals surface area contributed by atoms with Crippen LogP contribution in [0.25, 0.3) is 0 Å². The van der Waals surface area contributed by atoms with Gasteiger partial charge < -0.3 is 20.4 Å². The van der Waals surface area contributed by atoms with Gasteiger partial charge in [0.1, 0.15) is 0 Å². The Hall–Kier alpha value is -1.26. The van der Waals surface area contributed by atoms with Gasteiger partial charge in [0.25, 0.3) is 0 Å². The van der Waals surface area contributed by atoms with Crippen LogP contribution >= 0.6 is 0 Å². The van der Waals surface area contributed by atoms with Gasteiger partial charge in [-0.3, -0.25) is 0 Å². The molecular formula is C14H22N2O2. The summed E-state index contributed by atoms with van der Waals surface area (Å²) in [4.78, 5) is 2.36. The third-order valence-corrected chi connectivity index (χ3v) is 3.72. The van der Waals surface area contributed by atoms with Crippen LogP contribution in [0.4, 0.5) is 0 Å². The lowest BCUT2D eigenvalue weighted by Crippen LogP contribution is -2.46. The summed E-state index contributed by atoms with van der Waals surface area (Å²) in [5.74, 6) is 0.520. The predicted molar refractivity (Wildman–Crippen MR) is 71.7 cm³/mol. The number of aromatic hydroxyl groups is 2. The zero-order valence-corrected chi connectivity index (χ0v) is 11.1. The molecule has 0 radical (unpaired) electrons. The molecule has 1 heterocycles. The molecule has 1 aromatic rings. The number of benzene rings is 1. The van der Waals surface area contributed by atoms with Crippen LogP contribution in [0.15, 0.2) is 18.2 Å². The molecule has 0 saturated carbocycles. The Morgan fingerprint density at radius 3 is 2.78 bits per heavy atom. The standard InChI is InChI=1S/C14H22N2O2/c1-10-9-16(2)6-5-12(10)15-8-11-3-4-13(17)14(18)7-11/h3-4,7,10,12,15,17-18H,5-6,8-9H2,1-2H3. The van der Waals surface area contributed by atoms with Gasteiger partial charge in [-0.2, -0.15) is 0 Å². The maximum Gasteiger partial charge on any atom is 0.157 e. The van der Waals surface area contributed by atoms with Crippen LogP contribution in [-0.2, 0) is 6.54 Å². The van der Waals surface area contributed by atoms with Crippen molar-refractivity contribution < 1.29 is 10.2 Å². The van der Waals surface area contributed by atoms with Crippen molar-refractivity contribution in [3.63, 3.8) is 0 Å². The fourth-order valence-electron chi connectivity index (χ4n) is 2.59. The lowest BCUT2D eigenvalue weighted by Gasteiger charge is -2.35. The van der Waals surface area contributed by atoms with E-state index < -0.39 is 0 Å². The number of rotatable bonds is 3. The Morgan fingerprint density at radius 2 is 2.11 bits per heavy atom. The number of likely N-dealkylation sites (tertiary alicyclic amines) is 1. The zero-order valence-electron chi connectivity index (χ0n) is 11.1. The third-order valence-electron chi connectivity index (χ3n) is 3.72. The Morgan fingerprint density at radius 1 is 1.33 bits per heavy atom. The monoisotopic (exact) mass is 250 g/mol. The molecule has 2 unspecified atom stereocenters. The Labute approximate surface area is 108 Å². The summed E-state index contributed by atoms with van der Waals surface area (Å²) >= 11 is 0. The van der Waals surface area contributed by atoms with Crippen molar-refractivity contribution >= 4 is 0 Å². The molecule has 4 nitrogen and oxygen atoms in total. The lowest BCUT2D eigenvalue weighted by molar-refractivity contribution is 0.174. The maximum atomic E-state index is 9.44. The molecule has 3 N–H and O–H groups in total. The molecule has 1 fully saturated rings. The fourth-order valence-corrected chi connectivity index (χ4v) is 2.59. The Balaban J connectivity index is 1.89. The molecule has 18 heavy (non-hydrogen) atoms. The summed E-state index contributed by atoms with van der Waals surface area (Å²) in [7, 11) is 2.16. The highest BCUT2D eigenvalue weighted by Gasteiger charge is 2.23. The quantitative estimate of drug-likeness (QED) is 0.712. The van der Waals surface area contributed by atoms with Gasteiger partial charge in [-0.25, -0.2) is 0 Å². The predicted octanol–water partition coefficient (Wildman–Crippen LogP) is 1.53. The molecule has 0 spiro atoms. The second-order valence-corrected chi connectivity index (χ2v) is 5.34. The van der Waals surface area contributed by atoms with E-state index in [1.807, 2.05) is 6.07 Å². The van der Waals surface area contributed by atoms with E-state index in [2.05, 4.69) is 24.2 Å². The van der Waals surface area contributed by atoms with Gasteiger partial charge in [-0.1, -0.05) is 13.0 Å². The van der Waals surface area contributed by atoms with Crippen molar-refractivity contribution in [2.75, 3.05) is 20.1 Å². The highest BCUT2D eigenvalue weighted by Crippen LogP contribution is 2.25. The molecule has 1 aliphatic heterocycles. The minimum atomic E-state index is -0.0635. The molecule has 0 aromatic heterocycles. The van der Waals surface area contributed by atoms with Crippen molar-refractivity contribution in [2.45, 2.75) is 25.9 Å². The van der Waals surface area contributed by atoms with Crippen molar-refractivity contribution in [3.8, 4) is 11.5 Å². The molecule has 0 amide bonds. The first kappa shape index (κ1) is 13.2. The number of phenolic OH excluding ortho intramolecular Hbond substituents is 2. The first-order valence-corrected chi connectivity index (χ1v) is 6.49. The highest BCUT2D eigenvalue weighted by atomic mass is 16.3. The fraction of sp³-hybridized carbons (Fsp3) is 0.571. The van der Waals surface area contributed by atoms with Gasteiger partial charge in [0.05, 0.1) is 0 Å². The van der Waals surface area contributed by atoms with E-state index in [1.54, 1.807) is 6.07 Å². The number of hydrogen-bond donors (Lipinski definition) is 3. The zero-order chi connectivity index (χ0) is 13.1. The molecular weight excluding hydrogens is 228 g/mol. The summed E-state index contributed by atoms with van der Waals surface area (Å²) in [5.41, 5.74) is 0.997. The van der Waals surface area contributed by atoms with Crippen molar-refractivity contribution in [1.82, 2.24) is 10.2 Å². The van der Waals surface area contributed by atoms with Gasteiger partial charge in [-0.15, -0.1) is 0 Å². The van der Waals surface area contributed by atoms with Crippen LogP contribution in [0.1, 0.15) is 18.9 Å². The third kappa shape index (κ3) is 3.15. The van der Waals surface area contributed by atoms with E-state index in [-0.39, 0.29) is 11.5 Å². The van der Waals surface area contributed by atoms with E-state index in [0.29, 0.717) is 12.0 Å². The van der Waals surface area contributed by atoms with Gasteiger partial charge in [0.2, 0.25) is 0 Å². The van der Waals surface area contributed by atoms with Crippen LogP contribution in [0, 0.1) is 5.92 Å². The molecule has 1 saturated heterocycles. The second-order valence-electron chi connectivity index (χ2n) is 5.34. The van der Waals surface area contributed by atoms with E-state index >= 15 is 0 Å². The smallest absolute Gasteiger partial charge is 0.157 e. The number of phenols is 2. The van der Waals surface area contributed by atoms with Crippen molar-refractivity contribution in [2.24, 2.45) is 5.92 Å². The first-order valence-electron chi connectivity index (χ1n) is 6.49. The van der Waals surface area contributed by atoms with Crippen LogP contribution in [0.2, 0.25) is 0 Å². The molecule has 0 bridgehead atoms. The van der Waals surface area contributed by atoms with E-state index in [4.69, 9.17) is 0 Å². The number of piperidine rings is 1. The highest BCUT2D eigenvalue weighted by molar-refractivity contribution is 5.40.